The van der Waals surface area contributed by atoms with Crippen molar-refractivity contribution >= 4 is 22.4 Å². The smallest absolute Gasteiger partial charge is 0.205 e. The second-order valence-corrected chi connectivity index (χ2v) is 5.71. The highest BCUT2D eigenvalue weighted by Gasteiger charge is 2.20. The molecular formula is C10H17N5O2S. The van der Waals surface area contributed by atoms with Crippen molar-refractivity contribution in [2.45, 2.75) is 18.9 Å². The van der Waals surface area contributed by atoms with Crippen LogP contribution in [0.3, 0.4) is 0 Å². The quantitative estimate of drug-likeness (QED) is 0.527. The van der Waals surface area contributed by atoms with Crippen molar-refractivity contribution in [2.24, 2.45) is 5.84 Å². The first kappa shape index (κ1) is 13.0. The summed E-state index contributed by atoms with van der Waals surface area (Å²) >= 11 is 0. The molecule has 8 heteroatoms. The van der Waals surface area contributed by atoms with Crippen LogP contribution < -0.4 is 21.3 Å². The minimum atomic E-state index is -0.668. The van der Waals surface area contributed by atoms with Crippen molar-refractivity contribution in [1.82, 2.24) is 9.97 Å². The minimum absolute atomic E-state index is 0.261. The summed E-state index contributed by atoms with van der Waals surface area (Å²) in [5.41, 5.74) is 2.47. The summed E-state index contributed by atoms with van der Waals surface area (Å²) in [6, 6.07) is 0.261. The number of rotatable bonds is 4. The number of anilines is 2. The van der Waals surface area contributed by atoms with Gasteiger partial charge in [0.1, 0.15) is 6.33 Å². The predicted molar refractivity (Wildman–Crippen MR) is 70.9 cm³/mol. The van der Waals surface area contributed by atoms with Crippen LogP contribution in [0.4, 0.5) is 11.6 Å². The van der Waals surface area contributed by atoms with Gasteiger partial charge in [-0.25, -0.2) is 15.8 Å². The van der Waals surface area contributed by atoms with E-state index < -0.39 is 10.8 Å². The van der Waals surface area contributed by atoms with Crippen LogP contribution >= 0.6 is 0 Å². The van der Waals surface area contributed by atoms with Crippen molar-refractivity contribution in [1.29, 1.82) is 0 Å². The summed E-state index contributed by atoms with van der Waals surface area (Å²) < 4.78 is 16.5. The Hall–Kier alpha value is -1.41. The van der Waals surface area contributed by atoms with Gasteiger partial charge in [0.2, 0.25) is 5.75 Å². The first-order valence-electron chi connectivity index (χ1n) is 5.71. The van der Waals surface area contributed by atoms with Gasteiger partial charge < -0.3 is 15.5 Å². The number of hydrazine groups is 1. The van der Waals surface area contributed by atoms with Crippen molar-refractivity contribution in [2.75, 3.05) is 29.4 Å². The molecule has 1 saturated heterocycles. The van der Waals surface area contributed by atoms with E-state index in [0.29, 0.717) is 17.4 Å². The maximum atomic E-state index is 11.3. The van der Waals surface area contributed by atoms with E-state index in [0.717, 1.165) is 24.3 Å². The number of nitrogens with one attached hydrogen (secondary N) is 2. The Morgan fingerprint density at radius 2 is 2.06 bits per heavy atom. The third-order valence-electron chi connectivity index (χ3n) is 2.87. The van der Waals surface area contributed by atoms with Gasteiger partial charge in [-0.1, -0.05) is 0 Å². The maximum Gasteiger partial charge on any atom is 0.205 e. The Bertz CT molecular complexity index is 432. The first-order valence-corrected chi connectivity index (χ1v) is 7.20. The van der Waals surface area contributed by atoms with E-state index in [1.54, 1.807) is 7.11 Å². The number of nitrogens with two attached hydrogens (primary N) is 1. The monoisotopic (exact) mass is 271 g/mol. The second-order valence-electron chi connectivity index (χ2n) is 4.02. The zero-order valence-electron chi connectivity index (χ0n) is 10.2. The van der Waals surface area contributed by atoms with Crippen molar-refractivity contribution in [3.05, 3.63) is 6.33 Å². The normalized spacial score (nSPS) is 23.4. The topological polar surface area (TPSA) is 102 Å². The molecule has 0 saturated carbocycles. The van der Waals surface area contributed by atoms with Crippen LogP contribution in [0, 0.1) is 0 Å². The van der Waals surface area contributed by atoms with Crippen molar-refractivity contribution in [3.8, 4) is 5.75 Å². The molecule has 0 bridgehead atoms. The second kappa shape index (κ2) is 5.96. The molecule has 7 nitrogen and oxygen atoms in total. The average molecular weight is 271 g/mol. The lowest BCUT2D eigenvalue weighted by atomic mass is 10.1. The number of hydrogen-bond acceptors (Lipinski definition) is 7. The van der Waals surface area contributed by atoms with Gasteiger partial charge in [0, 0.05) is 28.3 Å². The van der Waals surface area contributed by atoms with Gasteiger partial charge in [0.25, 0.3) is 0 Å². The Labute approximate surface area is 108 Å². The third-order valence-corrected chi connectivity index (χ3v) is 4.26. The number of methoxy groups -OCH3 is 1. The lowest BCUT2D eigenvalue weighted by molar-refractivity contribution is 0.413. The SMILES string of the molecule is COc1c(NN)ncnc1NC1CCS(=O)CC1. The van der Waals surface area contributed by atoms with E-state index in [1.165, 1.54) is 6.33 Å². The Morgan fingerprint density at radius 1 is 1.39 bits per heavy atom. The van der Waals surface area contributed by atoms with Crippen LogP contribution in [0.15, 0.2) is 6.33 Å². The molecule has 1 fully saturated rings. The summed E-state index contributed by atoms with van der Waals surface area (Å²) in [5.74, 6) is 8.36. The molecule has 1 aromatic heterocycles. The van der Waals surface area contributed by atoms with Crippen molar-refractivity contribution in [3.63, 3.8) is 0 Å². The number of nitrogens with zero attached hydrogens (tertiary/aromatic N) is 2. The molecule has 0 atom stereocenters. The molecule has 100 valence electrons. The molecule has 1 aliphatic rings. The zero-order valence-corrected chi connectivity index (χ0v) is 11.0. The molecule has 4 N–H and O–H groups in total. The first-order chi connectivity index (χ1) is 8.74. The van der Waals surface area contributed by atoms with Crippen LogP contribution in [0.5, 0.6) is 5.75 Å². The molecule has 0 spiro atoms. The van der Waals surface area contributed by atoms with Crippen LogP contribution in [-0.2, 0) is 10.8 Å². The van der Waals surface area contributed by atoms with Gasteiger partial charge in [-0.15, -0.1) is 0 Å². The molecule has 0 radical (unpaired) electrons. The Balaban J connectivity index is 2.11. The van der Waals surface area contributed by atoms with Gasteiger partial charge in [-0.3, -0.25) is 4.21 Å². The molecule has 2 rings (SSSR count). The van der Waals surface area contributed by atoms with Gasteiger partial charge in [-0.05, 0) is 12.8 Å². The van der Waals surface area contributed by atoms with E-state index in [-0.39, 0.29) is 6.04 Å². The standard InChI is InChI=1S/C10H17N5O2S/c1-17-8-9(12-6-13-10(8)15-11)14-7-2-4-18(16)5-3-7/h6-7H,2-5,11H2,1H3,(H2,12,13,14,15). The highest BCUT2D eigenvalue weighted by atomic mass is 32.2. The molecule has 18 heavy (non-hydrogen) atoms. The number of nitrogen functional groups attached to an aromatic ring is 1. The maximum absolute atomic E-state index is 11.3. The summed E-state index contributed by atoms with van der Waals surface area (Å²) in [6.45, 7) is 0. The summed E-state index contributed by atoms with van der Waals surface area (Å²) in [6.07, 6.45) is 3.15. The summed E-state index contributed by atoms with van der Waals surface area (Å²) in [4.78, 5) is 8.13. The third kappa shape index (κ3) is 2.88. The Morgan fingerprint density at radius 3 is 2.67 bits per heavy atom. The Kier molecular flexibility index (Phi) is 4.32. The fraction of sp³-hybridized carbons (Fsp3) is 0.600. The van der Waals surface area contributed by atoms with Crippen LogP contribution in [0.1, 0.15) is 12.8 Å². The van der Waals surface area contributed by atoms with Gasteiger partial charge in [-0.2, -0.15) is 0 Å². The highest BCUT2D eigenvalue weighted by molar-refractivity contribution is 7.85. The summed E-state index contributed by atoms with van der Waals surface area (Å²) in [5, 5.41) is 3.29. The van der Waals surface area contributed by atoms with Crippen LogP contribution in [0.25, 0.3) is 0 Å². The van der Waals surface area contributed by atoms with Crippen LogP contribution in [0.2, 0.25) is 0 Å². The molecular weight excluding hydrogens is 254 g/mol. The largest absolute Gasteiger partial charge is 0.490 e. The van der Waals surface area contributed by atoms with E-state index in [9.17, 15) is 4.21 Å². The van der Waals surface area contributed by atoms with E-state index in [4.69, 9.17) is 10.6 Å². The zero-order chi connectivity index (χ0) is 13.0. The van der Waals surface area contributed by atoms with Crippen LogP contribution in [-0.4, -0.2) is 38.8 Å². The minimum Gasteiger partial charge on any atom is -0.490 e. The van der Waals surface area contributed by atoms with Gasteiger partial charge in [0.15, 0.2) is 11.6 Å². The fourth-order valence-electron chi connectivity index (χ4n) is 1.90. The lowest BCUT2D eigenvalue weighted by Crippen LogP contribution is -2.30. The average Bonchev–Trinajstić information content (AvgIpc) is 2.41. The summed E-state index contributed by atoms with van der Waals surface area (Å²) in [7, 11) is 0.874. The molecule has 0 aromatic carbocycles. The number of ether oxygens (including phenoxy) is 1. The molecule has 0 aliphatic carbocycles. The van der Waals surface area contributed by atoms with Gasteiger partial charge in [0.05, 0.1) is 7.11 Å². The van der Waals surface area contributed by atoms with Crippen molar-refractivity contribution < 1.29 is 8.95 Å². The fourth-order valence-corrected chi connectivity index (χ4v) is 3.20. The lowest BCUT2D eigenvalue weighted by Gasteiger charge is -2.24. The van der Waals surface area contributed by atoms with E-state index >= 15 is 0 Å². The van der Waals surface area contributed by atoms with Gasteiger partial charge >= 0.3 is 0 Å². The number of aromatic nitrogens is 2. The molecule has 0 unspecified atom stereocenters. The van der Waals surface area contributed by atoms with E-state index in [1.807, 2.05) is 0 Å². The molecule has 1 aromatic rings. The molecule has 1 aliphatic heterocycles. The molecule has 0 amide bonds. The predicted octanol–water partition coefficient (Wildman–Crippen LogP) is 0.0938. The number of hydrogen-bond donors (Lipinski definition) is 3. The molecule has 2 heterocycles. The highest BCUT2D eigenvalue weighted by Crippen LogP contribution is 2.29. The van der Waals surface area contributed by atoms with E-state index in [2.05, 4.69) is 20.7 Å².